The summed E-state index contributed by atoms with van der Waals surface area (Å²) < 4.78 is 11.0. The van der Waals surface area contributed by atoms with Gasteiger partial charge in [0.15, 0.2) is 6.10 Å². The Bertz CT molecular complexity index is 474. The molecule has 2 rings (SSSR count). The second-order valence-electron chi connectivity index (χ2n) is 4.46. The molecule has 1 saturated heterocycles. The number of aliphatic hydroxyl groups is 1. The van der Waals surface area contributed by atoms with Crippen molar-refractivity contribution in [3.63, 3.8) is 0 Å². The summed E-state index contributed by atoms with van der Waals surface area (Å²) in [6.07, 6.45) is -1.25. The Balaban J connectivity index is 2.14. The number of esters is 1. The number of aliphatic hydroxyl groups excluding tert-OH is 1. The molecule has 0 bridgehead atoms. The normalized spacial score (nSPS) is 16.9. The zero-order chi connectivity index (χ0) is 14.5. The van der Waals surface area contributed by atoms with Gasteiger partial charge >= 0.3 is 5.97 Å². The minimum atomic E-state index is -1.25. The number of anilines is 1. The van der Waals surface area contributed by atoms with Gasteiger partial charge in [-0.2, -0.15) is 0 Å². The molecule has 1 heterocycles. The summed E-state index contributed by atoms with van der Waals surface area (Å²) in [7, 11) is 0. The Morgan fingerprint density at radius 2 is 2.20 bits per heavy atom. The van der Waals surface area contributed by atoms with Crippen LogP contribution >= 0.6 is 15.9 Å². The number of halogens is 1. The summed E-state index contributed by atoms with van der Waals surface area (Å²) in [4.78, 5) is 13.7. The highest BCUT2D eigenvalue weighted by atomic mass is 79.9. The first-order valence-corrected chi connectivity index (χ1v) is 7.39. The molecule has 1 atom stereocenters. The fourth-order valence-corrected chi connectivity index (χ4v) is 2.76. The number of nitrogens with zero attached hydrogens (tertiary/aromatic N) is 1. The second-order valence-corrected chi connectivity index (χ2v) is 5.32. The molecule has 0 saturated carbocycles. The lowest BCUT2D eigenvalue weighted by atomic mass is 10.1. The Morgan fingerprint density at radius 1 is 1.50 bits per heavy atom. The molecule has 0 aliphatic carbocycles. The van der Waals surface area contributed by atoms with Crippen molar-refractivity contribution >= 4 is 27.6 Å². The second kappa shape index (κ2) is 7.06. The van der Waals surface area contributed by atoms with Gasteiger partial charge in [0, 0.05) is 17.6 Å². The summed E-state index contributed by atoms with van der Waals surface area (Å²) in [5.74, 6) is -0.626. The largest absolute Gasteiger partial charge is 0.464 e. The van der Waals surface area contributed by atoms with Crippen molar-refractivity contribution < 1.29 is 19.4 Å². The molecule has 6 heteroatoms. The van der Waals surface area contributed by atoms with E-state index in [0.717, 1.165) is 23.2 Å². The van der Waals surface area contributed by atoms with Gasteiger partial charge in [0.1, 0.15) is 0 Å². The van der Waals surface area contributed by atoms with Gasteiger partial charge in [0.2, 0.25) is 0 Å². The SMILES string of the molecule is CCOC(=O)C(O)c1ccc(N2CCOCC2)c(Br)c1. The van der Waals surface area contributed by atoms with E-state index in [2.05, 4.69) is 20.8 Å². The minimum absolute atomic E-state index is 0.253. The van der Waals surface area contributed by atoms with E-state index in [-0.39, 0.29) is 6.61 Å². The zero-order valence-electron chi connectivity index (χ0n) is 11.3. The highest BCUT2D eigenvalue weighted by Gasteiger charge is 2.21. The quantitative estimate of drug-likeness (QED) is 0.846. The van der Waals surface area contributed by atoms with E-state index < -0.39 is 12.1 Å². The van der Waals surface area contributed by atoms with Crippen LogP contribution in [0.2, 0.25) is 0 Å². The van der Waals surface area contributed by atoms with Crippen molar-refractivity contribution in [2.75, 3.05) is 37.8 Å². The molecule has 1 aliphatic heterocycles. The first-order valence-electron chi connectivity index (χ1n) is 6.60. The maximum Gasteiger partial charge on any atom is 0.339 e. The van der Waals surface area contributed by atoms with Gasteiger partial charge in [-0.1, -0.05) is 6.07 Å². The third-order valence-corrected chi connectivity index (χ3v) is 3.78. The lowest BCUT2D eigenvalue weighted by molar-refractivity contribution is -0.153. The first-order chi connectivity index (χ1) is 9.63. The molecular formula is C14H18BrNO4. The summed E-state index contributed by atoms with van der Waals surface area (Å²) in [6.45, 7) is 5.04. The number of morpholine rings is 1. The lowest BCUT2D eigenvalue weighted by Crippen LogP contribution is -2.36. The number of ether oxygens (including phenoxy) is 2. The van der Waals surface area contributed by atoms with Crippen LogP contribution < -0.4 is 4.90 Å². The molecule has 1 aromatic rings. The van der Waals surface area contributed by atoms with Crippen molar-refractivity contribution in [3.8, 4) is 0 Å². The summed E-state index contributed by atoms with van der Waals surface area (Å²) in [5, 5.41) is 9.92. The Hall–Kier alpha value is -1.11. The van der Waals surface area contributed by atoms with Crippen LogP contribution in [-0.2, 0) is 14.3 Å². The molecule has 0 spiro atoms. The summed E-state index contributed by atoms with van der Waals surface area (Å²) >= 11 is 3.49. The Morgan fingerprint density at radius 3 is 2.80 bits per heavy atom. The third kappa shape index (κ3) is 3.50. The first kappa shape index (κ1) is 15.3. The van der Waals surface area contributed by atoms with Crippen molar-refractivity contribution in [1.82, 2.24) is 0 Å². The van der Waals surface area contributed by atoms with E-state index in [1.165, 1.54) is 0 Å². The van der Waals surface area contributed by atoms with Crippen molar-refractivity contribution in [3.05, 3.63) is 28.2 Å². The molecule has 20 heavy (non-hydrogen) atoms. The Labute approximate surface area is 126 Å². The van der Waals surface area contributed by atoms with Gasteiger partial charge in [0.25, 0.3) is 0 Å². The van der Waals surface area contributed by atoms with E-state index in [4.69, 9.17) is 9.47 Å². The van der Waals surface area contributed by atoms with E-state index >= 15 is 0 Å². The molecule has 0 radical (unpaired) electrons. The van der Waals surface area contributed by atoms with Gasteiger partial charge in [-0.15, -0.1) is 0 Å². The van der Waals surface area contributed by atoms with E-state index in [0.29, 0.717) is 18.8 Å². The maximum atomic E-state index is 11.5. The fourth-order valence-electron chi connectivity index (χ4n) is 2.11. The van der Waals surface area contributed by atoms with Crippen LogP contribution in [0.1, 0.15) is 18.6 Å². The third-order valence-electron chi connectivity index (χ3n) is 3.15. The van der Waals surface area contributed by atoms with Crippen LogP contribution in [0.4, 0.5) is 5.69 Å². The number of rotatable bonds is 4. The number of carbonyl (C=O) groups excluding carboxylic acids is 1. The van der Waals surface area contributed by atoms with Gasteiger partial charge in [-0.3, -0.25) is 0 Å². The van der Waals surface area contributed by atoms with Gasteiger partial charge < -0.3 is 19.5 Å². The Kier molecular flexibility index (Phi) is 5.39. The average molecular weight is 344 g/mol. The maximum absolute atomic E-state index is 11.5. The fraction of sp³-hybridized carbons (Fsp3) is 0.500. The van der Waals surface area contributed by atoms with Crippen molar-refractivity contribution in [2.45, 2.75) is 13.0 Å². The molecule has 1 unspecified atom stereocenters. The van der Waals surface area contributed by atoms with Crippen LogP contribution in [0.3, 0.4) is 0 Å². The predicted octanol–water partition coefficient (Wildman–Crippen LogP) is 1.88. The van der Waals surface area contributed by atoms with Crippen LogP contribution in [0.25, 0.3) is 0 Å². The number of benzene rings is 1. The smallest absolute Gasteiger partial charge is 0.339 e. The zero-order valence-corrected chi connectivity index (χ0v) is 12.9. The summed E-state index contributed by atoms with van der Waals surface area (Å²) in [5.41, 5.74) is 1.56. The van der Waals surface area contributed by atoms with Crippen LogP contribution in [0.15, 0.2) is 22.7 Å². The topological polar surface area (TPSA) is 59.0 Å². The van der Waals surface area contributed by atoms with Gasteiger partial charge in [0.05, 0.1) is 25.5 Å². The molecule has 0 amide bonds. The highest BCUT2D eigenvalue weighted by Crippen LogP contribution is 2.30. The number of hydrogen-bond donors (Lipinski definition) is 1. The molecule has 0 aromatic heterocycles. The molecule has 1 aromatic carbocycles. The molecule has 1 aliphatic rings. The van der Waals surface area contributed by atoms with Gasteiger partial charge in [-0.25, -0.2) is 4.79 Å². The van der Waals surface area contributed by atoms with Crippen LogP contribution in [0.5, 0.6) is 0 Å². The average Bonchev–Trinajstić information content (AvgIpc) is 2.47. The standard InChI is InChI=1S/C14H18BrNO4/c1-2-20-14(18)13(17)10-3-4-12(11(15)9-10)16-5-7-19-8-6-16/h3-4,9,13,17H,2,5-8H2,1H3. The predicted molar refractivity (Wildman–Crippen MR) is 78.8 cm³/mol. The van der Waals surface area contributed by atoms with Gasteiger partial charge in [-0.05, 0) is 40.5 Å². The van der Waals surface area contributed by atoms with Crippen LogP contribution in [0, 0.1) is 0 Å². The molecule has 110 valence electrons. The molecular weight excluding hydrogens is 326 g/mol. The summed E-state index contributed by atoms with van der Waals surface area (Å²) in [6, 6.07) is 5.40. The molecule has 1 N–H and O–H groups in total. The highest BCUT2D eigenvalue weighted by molar-refractivity contribution is 9.10. The minimum Gasteiger partial charge on any atom is -0.464 e. The molecule has 1 fully saturated rings. The number of hydrogen-bond acceptors (Lipinski definition) is 5. The van der Waals surface area contributed by atoms with Crippen LogP contribution in [-0.4, -0.2) is 44.0 Å². The van der Waals surface area contributed by atoms with Crippen molar-refractivity contribution in [2.24, 2.45) is 0 Å². The van der Waals surface area contributed by atoms with E-state index in [1.54, 1.807) is 19.1 Å². The molecule has 5 nitrogen and oxygen atoms in total. The lowest BCUT2D eigenvalue weighted by Gasteiger charge is -2.30. The van der Waals surface area contributed by atoms with E-state index in [9.17, 15) is 9.90 Å². The monoisotopic (exact) mass is 343 g/mol. The van der Waals surface area contributed by atoms with Crippen molar-refractivity contribution in [1.29, 1.82) is 0 Å². The number of carbonyl (C=O) groups is 1. The van der Waals surface area contributed by atoms with E-state index in [1.807, 2.05) is 6.07 Å².